The van der Waals surface area contributed by atoms with Crippen molar-refractivity contribution in [1.82, 2.24) is 14.5 Å². The van der Waals surface area contributed by atoms with Gasteiger partial charge in [0.2, 0.25) is 0 Å². The van der Waals surface area contributed by atoms with Gasteiger partial charge in [-0.15, -0.1) is 0 Å². The number of nitrogens with one attached hydrogen (secondary N) is 1. The Balaban J connectivity index is 2.05. The molecule has 0 aromatic carbocycles. The summed E-state index contributed by atoms with van der Waals surface area (Å²) in [5, 5.41) is 18.8. The Bertz CT molecular complexity index is 664. The first-order chi connectivity index (χ1) is 9.10. The van der Waals surface area contributed by atoms with Crippen LogP contribution < -0.4 is 11.3 Å². The lowest BCUT2D eigenvalue weighted by Crippen LogP contribution is -2.24. The van der Waals surface area contributed by atoms with Gasteiger partial charge in [0.15, 0.2) is 5.52 Å². The maximum atomic E-state index is 11.7. The van der Waals surface area contributed by atoms with Gasteiger partial charge in [-0.3, -0.25) is 4.79 Å². The Kier molecular flexibility index (Phi) is 2.77. The molecule has 3 heterocycles. The zero-order chi connectivity index (χ0) is 13.6. The fourth-order valence-corrected chi connectivity index (χ4v) is 2.34. The van der Waals surface area contributed by atoms with Crippen molar-refractivity contribution in [3.05, 3.63) is 22.7 Å². The quantitative estimate of drug-likeness (QED) is 0.549. The number of aromatic nitrogens is 3. The number of aliphatic hydroxyl groups is 2. The van der Waals surface area contributed by atoms with E-state index in [1.807, 2.05) is 0 Å². The Morgan fingerprint density at radius 2 is 2.42 bits per heavy atom. The summed E-state index contributed by atoms with van der Waals surface area (Å²) in [6, 6.07) is 1.59. The number of pyridine rings is 1. The van der Waals surface area contributed by atoms with Gasteiger partial charge in [0, 0.05) is 12.5 Å². The molecule has 1 aliphatic heterocycles. The van der Waals surface area contributed by atoms with Crippen molar-refractivity contribution in [2.24, 2.45) is 0 Å². The lowest BCUT2D eigenvalue weighted by atomic mass is 10.2. The van der Waals surface area contributed by atoms with Crippen molar-refractivity contribution in [2.45, 2.75) is 24.9 Å². The predicted octanol–water partition coefficient (Wildman–Crippen LogP) is -1.05. The van der Waals surface area contributed by atoms with Gasteiger partial charge in [-0.25, -0.2) is 4.98 Å². The van der Waals surface area contributed by atoms with Gasteiger partial charge >= 0.3 is 0 Å². The van der Waals surface area contributed by atoms with Gasteiger partial charge in [0.25, 0.3) is 5.56 Å². The van der Waals surface area contributed by atoms with E-state index in [1.54, 1.807) is 10.6 Å². The minimum Gasteiger partial charge on any atom is -0.394 e. The predicted molar refractivity (Wildman–Crippen MR) is 66.4 cm³/mol. The summed E-state index contributed by atoms with van der Waals surface area (Å²) in [6.45, 7) is -0.257. The molecule has 102 valence electrons. The molecule has 0 bridgehead atoms. The maximum absolute atomic E-state index is 11.7. The van der Waals surface area contributed by atoms with Gasteiger partial charge in [0.05, 0.1) is 24.6 Å². The molecule has 1 fully saturated rings. The average molecular weight is 266 g/mol. The highest BCUT2D eigenvalue weighted by atomic mass is 16.5. The maximum Gasteiger partial charge on any atom is 0.277 e. The van der Waals surface area contributed by atoms with Crippen molar-refractivity contribution in [2.75, 3.05) is 12.3 Å². The first kappa shape index (κ1) is 12.2. The number of fused-ring (bicyclic) bond motifs is 1. The van der Waals surface area contributed by atoms with Crippen LogP contribution in [0.3, 0.4) is 0 Å². The molecule has 2 aromatic rings. The van der Waals surface area contributed by atoms with Gasteiger partial charge in [-0.1, -0.05) is 0 Å². The third-order valence-electron chi connectivity index (χ3n) is 3.29. The molecule has 3 rings (SSSR count). The SMILES string of the molecule is Nc1cc2c(ncn2C2C[C@H](O)C(CO)O2)c(=O)[nH]1. The summed E-state index contributed by atoms with van der Waals surface area (Å²) < 4.78 is 7.16. The topological polar surface area (TPSA) is 126 Å². The number of ether oxygens (including phenoxy) is 1. The van der Waals surface area contributed by atoms with Gasteiger partial charge < -0.3 is 30.2 Å². The summed E-state index contributed by atoms with van der Waals surface area (Å²) >= 11 is 0. The molecule has 1 aliphatic rings. The molecule has 0 saturated carbocycles. The fraction of sp³-hybridized carbons (Fsp3) is 0.455. The highest BCUT2D eigenvalue weighted by Crippen LogP contribution is 2.30. The molecular weight excluding hydrogens is 252 g/mol. The normalized spacial score (nSPS) is 27.2. The van der Waals surface area contributed by atoms with Crippen LogP contribution in [0, 0.1) is 0 Å². The summed E-state index contributed by atoms with van der Waals surface area (Å²) in [7, 11) is 0. The van der Waals surface area contributed by atoms with Crippen LogP contribution in [-0.2, 0) is 4.74 Å². The fourth-order valence-electron chi connectivity index (χ4n) is 2.34. The van der Waals surface area contributed by atoms with Crippen LogP contribution in [-0.4, -0.2) is 43.6 Å². The van der Waals surface area contributed by atoms with Gasteiger partial charge in [0.1, 0.15) is 18.1 Å². The summed E-state index contributed by atoms with van der Waals surface area (Å²) in [4.78, 5) is 18.2. The van der Waals surface area contributed by atoms with E-state index in [-0.39, 0.29) is 23.5 Å². The molecule has 8 nitrogen and oxygen atoms in total. The number of nitrogen functional groups attached to an aromatic ring is 1. The molecule has 1 saturated heterocycles. The lowest BCUT2D eigenvalue weighted by molar-refractivity contribution is -0.0430. The number of aliphatic hydroxyl groups excluding tert-OH is 2. The first-order valence-electron chi connectivity index (χ1n) is 5.90. The average Bonchev–Trinajstić information content (AvgIpc) is 2.92. The zero-order valence-electron chi connectivity index (χ0n) is 9.98. The molecule has 5 N–H and O–H groups in total. The number of hydrogen-bond donors (Lipinski definition) is 4. The number of nitrogens with two attached hydrogens (primary N) is 1. The minimum absolute atomic E-state index is 0.233. The minimum atomic E-state index is -0.744. The number of aromatic amines is 1. The summed E-state index contributed by atoms with van der Waals surface area (Å²) in [5.74, 6) is 0.233. The van der Waals surface area contributed by atoms with Crippen LogP contribution in [0.25, 0.3) is 11.0 Å². The van der Waals surface area contributed by atoms with Gasteiger partial charge in [-0.2, -0.15) is 0 Å². The Hall–Kier alpha value is -1.90. The van der Waals surface area contributed by atoms with Crippen molar-refractivity contribution < 1.29 is 14.9 Å². The second-order valence-electron chi connectivity index (χ2n) is 4.55. The monoisotopic (exact) mass is 266 g/mol. The second kappa shape index (κ2) is 4.34. The Labute approximate surface area is 107 Å². The smallest absolute Gasteiger partial charge is 0.277 e. The highest BCUT2D eigenvalue weighted by molar-refractivity contribution is 5.76. The van der Waals surface area contributed by atoms with E-state index >= 15 is 0 Å². The Morgan fingerprint density at radius 3 is 3.11 bits per heavy atom. The first-order valence-corrected chi connectivity index (χ1v) is 5.90. The second-order valence-corrected chi connectivity index (χ2v) is 4.55. The van der Waals surface area contributed by atoms with Crippen LogP contribution >= 0.6 is 0 Å². The third-order valence-corrected chi connectivity index (χ3v) is 3.29. The van der Waals surface area contributed by atoms with E-state index < -0.39 is 18.4 Å². The zero-order valence-corrected chi connectivity index (χ0v) is 9.98. The third kappa shape index (κ3) is 1.89. The van der Waals surface area contributed by atoms with Crippen molar-refractivity contribution >= 4 is 16.9 Å². The molecule has 2 aromatic heterocycles. The van der Waals surface area contributed by atoms with E-state index in [0.29, 0.717) is 11.9 Å². The van der Waals surface area contributed by atoms with E-state index in [0.717, 1.165) is 0 Å². The number of rotatable bonds is 2. The summed E-state index contributed by atoms with van der Waals surface area (Å²) in [5.41, 5.74) is 6.04. The molecule has 0 amide bonds. The van der Waals surface area contributed by atoms with Crippen LogP contribution in [0.1, 0.15) is 12.6 Å². The van der Waals surface area contributed by atoms with Crippen LogP contribution in [0.15, 0.2) is 17.2 Å². The Morgan fingerprint density at radius 1 is 1.63 bits per heavy atom. The lowest BCUT2D eigenvalue weighted by Gasteiger charge is -2.14. The van der Waals surface area contributed by atoms with Crippen LogP contribution in [0.4, 0.5) is 5.82 Å². The van der Waals surface area contributed by atoms with E-state index in [9.17, 15) is 9.90 Å². The van der Waals surface area contributed by atoms with E-state index in [2.05, 4.69) is 9.97 Å². The molecule has 19 heavy (non-hydrogen) atoms. The van der Waals surface area contributed by atoms with Gasteiger partial charge in [-0.05, 0) is 0 Å². The largest absolute Gasteiger partial charge is 0.394 e. The standard InChI is InChI=1S/C11H14N4O4/c12-8-1-5-10(11(18)14-8)13-4-15(5)9-2-6(17)7(3-16)19-9/h1,4,6-7,9,16-17H,2-3H2,(H3,12,14,18)/t6-,7?,9?/m0/s1. The number of nitrogens with zero attached hydrogens (tertiary/aromatic N) is 2. The van der Waals surface area contributed by atoms with Crippen molar-refractivity contribution in [1.29, 1.82) is 0 Å². The van der Waals surface area contributed by atoms with Crippen molar-refractivity contribution in [3.63, 3.8) is 0 Å². The molecule has 0 aliphatic carbocycles. The number of anilines is 1. The van der Waals surface area contributed by atoms with E-state index in [4.69, 9.17) is 15.6 Å². The summed E-state index contributed by atoms with van der Waals surface area (Å²) in [6.07, 6.45) is -0.0493. The number of hydrogen-bond acceptors (Lipinski definition) is 6. The number of imidazole rings is 1. The van der Waals surface area contributed by atoms with Crippen LogP contribution in [0.5, 0.6) is 0 Å². The highest BCUT2D eigenvalue weighted by Gasteiger charge is 2.35. The molecule has 0 radical (unpaired) electrons. The molecular formula is C11H14N4O4. The molecule has 0 spiro atoms. The van der Waals surface area contributed by atoms with E-state index in [1.165, 1.54) is 6.33 Å². The molecule has 3 atom stereocenters. The number of H-pyrrole nitrogens is 1. The van der Waals surface area contributed by atoms with Crippen molar-refractivity contribution in [3.8, 4) is 0 Å². The van der Waals surface area contributed by atoms with Crippen LogP contribution in [0.2, 0.25) is 0 Å². The molecule has 8 heteroatoms. The molecule has 2 unspecified atom stereocenters.